The van der Waals surface area contributed by atoms with E-state index < -0.39 is 0 Å². The Morgan fingerprint density at radius 3 is 2.32 bits per heavy atom. The third-order valence-corrected chi connectivity index (χ3v) is 3.88. The minimum absolute atomic E-state index is 0.127. The van der Waals surface area contributed by atoms with E-state index in [1.807, 2.05) is 61.5 Å². The zero-order valence-electron chi connectivity index (χ0n) is 13.9. The van der Waals surface area contributed by atoms with Gasteiger partial charge in [-0.3, -0.25) is 4.79 Å². The molecule has 0 saturated carbocycles. The monoisotopic (exact) mass is 329 g/mol. The van der Waals surface area contributed by atoms with Gasteiger partial charge in [-0.15, -0.1) is 0 Å². The Morgan fingerprint density at radius 1 is 0.880 bits per heavy atom. The fraction of sp³-hybridized carbons (Fsp3) is 0.0455. The second-order valence-electron chi connectivity index (χ2n) is 5.82. The molecule has 0 atom stereocenters. The molecule has 2 N–H and O–H groups in total. The minimum atomic E-state index is -0.127. The number of phenolic OH excluding ortho intramolecular Hbond substituents is 1. The Kier molecular flexibility index (Phi) is 4.95. The van der Waals surface area contributed by atoms with Gasteiger partial charge in [0.05, 0.1) is 0 Å². The quantitative estimate of drug-likeness (QED) is 0.652. The molecule has 3 aromatic carbocycles. The third kappa shape index (κ3) is 4.36. The molecule has 0 aliphatic heterocycles. The zero-order chi connectivity index (χ0) is 17.6. The van der Waals surface area contributed by atoms with Crippen molar-refractivity contribution >= 4 is 23.7 Å². The average Bonchev–Trinajstić information content (AvgIpc) is 2.63. The van der Waals surface area contributed by atoms with Crippen LogP contribution in [0.25, 0.3) is 12.2 Å². The lowest BCUT2D eigenvalue weighted by molar-refractivity contribution is 0.102. The standard InChI is InChI=1S/C22H19NO2/c1-16-10-11-18(13-12-17-6-5-9-20(24)14-17)15-21(16)23-22(25)19-7-3-2-4-8-19/h2-15,24H,1H3,(H,23,25)/b13-12+. The van der Waals surface area contributed by atoms with Crippen molar-refractivity contribution in [2.45, 2.75) is 6.92 Å². The molecule has 0 bridgehead atoms. The van der Waals surface area contributed by atoms with Gasteiger partial charge in [-0.2, -0.15) is 0 Å². The number of nitrogens with one attached hydrogen (secondary N) is 1. The van der Waals surface area contributed by atoms with E-state index in [9.17, 15) is 9.90 Å². The SMILES string of the molecule is Cc1ccc(/C=C/c2cccc(O)c2)cc1NC(=O)c1ccccc1. The number of aromatic hydroxyl groups is 1. The molecule has 3 aromatic rings. The normalized spacial score (nSPS) is 10.8. The number of carbonyl (C=O) groups excluding carboxylic acids is 1. The van der Waals surface area contributed by atoms with Crippen molar-refractivity contribution in [2.24, 2.45) is 0 Å². The molecule has 0 aromatic heterocycles. The first kappa shape index (κ1) is 16.5. The lowest BCUT2D eigenvalue weighted by atomic mass is 10.1. The number of benzene rings is 3. The van der Waals surface area contributed by atoms with E-state index in [4.69, 9.17) is 0 Å². The summed E-state index contributed by atoms with van der Waals surface area (Å²) >= 11 is 0. The molecule has 0 aliphatic carbocycles. The highest BCUT2D eigenvalue weighted by Crippen LogP contribution is 2.20. The topological polar surface area (TPSA) is 49.3 Å². The van der Waals surface area contributed by atoms with E-state index in [1.165, 1.54) is 0 Å². The highest BCUT2D eigenvalue weighted by molar-refractivity contribution is 6.04. The van der Waals surface area contributed by atoms with E-state index in [0.29, 0.717) is 5.56 Å². The van der Waals surface area contributed by atoms with Crippen LogP contribution in [0.15, 0.2) is 72.8 Å². The molecule has 0 saturated heterocycles. The highest BCUT2D eigenvalue weighted by Gasteiger charge is 2.07. The largest absolute Gasteiger partial charge is 0.508 e. The summed E-state index contributed by atoms with van der Waals surface area (Å²) in [4.78, 5) is 12.3. The van der Waals surface area contributed by atoms with E-state index in [2.05, 4.69) is 5.32 Å². The molecule has 3 rings (SSSR count). The number of phenols is 1. The van der Waals surface area contributed by atoms with Crippen LogP contribution in [-0.2, 0) is 0 Å². The van der Waals surface area contributed by atoms with Crippen LogP contribution in [0.4, 0.5) is 5.69 Å². The molecule has 3 nitrogen and oxygen atoms in total. The highest BCUT2D eigenvalue weighted by atomic mass is 16.3. The summed E-state index contributed by atoms with van der Waals surface area (Å²) in [6.07, 6.45) is 3.87. The second-order valence-corrected chi connectivity index (χ2v) is 5.82. The van der Waals surface area contributed by atoms with Gasteiger partial charge in [0.1, 0.15) is 5.75 Å². The molecule has 0 spiro atoms. The molecule has 0 heterocycles. The van der Waals surface area contributed by atoms with Crippen LogP contribution >= 0.6 is 0 Å². The van der Waals surface area contributed by atoms with Crippen molar-refractivity contribution in [3.8, 4) is 5.75 Å². The summed E-state index contributed by atoms with van der Waals surface area (Å²) in [6, 6.07) is 22.1. The molecule has 0 fully saturated rings. The van der Waals surface area contributed by atoms with Gasteiger partial charge in [-0.1, -0.05) is 54.6 Å². The summed E-state index contributed by atoms with van der Waals surface area (Å²) < 4.78 is 0. The smallest absolute Gasteiger partial charge is 0.255 e. The summed E-state index contributed by atoms with van der Waals surface area (Å²) in [6.45, 7) is 1.96. The molecule has 3 heteroatoms. The molecule has 1 amide bonds. The number of anilines is 1. The summed E-state index contributed by atoms with van der Waals surface area (Å²) in [5, 5.41) is 12.5. The molecular weight excluding hydrogens is 310 g/mol. The van der Waals surface area contributed by atoms with Gasteiger partial charge < -0.3 is 10.4 Å². The maximum atomic E-state index is 12.3. The van der Waals surface area contributed by atoms with Crippen molar-refractivity contribution in [2.75, 3.05) is 5.32 Å². The maximum Gasteiger partial charge on any atom is 0.255 e. The van der Waals surface area contributed by atoms with Crippen molar-refractivity contribution in [3.05, 3.63) is 95.1 Å². The van der Waals surface area contributed by atoms with Crippen LogP contribution in [-0.4, -0.2) is 11.0 Å². The predicted molar refractivity (Wildman–Crippen MR) is 103 cm³/mol. The Morgan fingerprint density at radius 2 is 1.60 bits per heavy atom. The van der Waals surface area contributed by atoms with Crippen molar-refractivity contribution in [1.29, 1.82) is 0 Å². The fourth-order valence-corrected chi connectivity index (χ4v) is 2.48. The summed E-state index contributed by atoms with van der Waals surface area (Å²) in [7, 11) is 0. The second kappa shape index (κ2) is 7.49. The van der Waals surface area contributed by atoms with Crippen LogP contribution in [0.2, 0.25) is 0 Å². The maximum absolute atomic E-state index is 12.3. The zero-order valence-corrected chi connectivity index (χ0v) is 13.9. The van der Waals surface area contributed by atoms with Crippen LogP contribution in [0, 0.1) is 6.92 Å². The number of aryl methyl sites for hydroxylation is 1. The minimum Gasteiger partial charge on any atom is -0.508 e. The van der Waals surface area contributed by atoms with E-state index >= 15 is 0 Å². The van der Waals surface area contributed by atoms with Gasteiger partial charge in [0.15, 0.2) is 0 Å². The van der Waals surface area contributed by atoms with Crippen molar-refractivity contribution < 1.29 is 9.90 Å². The Hall–Kier alpha value is -3.33. The van der Waals surface area contributed by atoms with Crippen LogP contribution in [0.3, 0.4) is 0 Å². The van der Waals surface area contributed by atoms with Gasteiger partial charge in [-0.25, -0.2) is 0 Å². The van der Waals surface area contributed by atoms with E-state index in [1.54, 1.807) is 30.3 Å². The Balaban J connectivity index is 1.80. The van der Waals surface area contributed by atoms with Crippen molar-refractivity contribution in [1.82, 2.24) is 0 Å². The number of rotatable bonds is 4. The first-order chi connectivity index (χ1) is 12.1. The van der Waals surface area contributed by atoms with E-state index in [0.717, 1.165) is 22.4 Å². The average molecular weight is 329 g/mol. The first-order valence-corrected chi connectivity index (χ1v) is 8.06. The number of hydrogen-bond acceptors (Lipinski definition) is 2. The van der Waals surface area contributed by atoms with Crippen LogP contribution in [0.5, 0.6) is 5.75 Å². The number of carbonyl (C=O) groups is 1. The fourth-order valence-electron chi connectivity index (χ4n) is 2.48. The molecule has 124 valence electrons. The lowest BCUT2D eigenvalue weighted by Crippen LogP contribution is -2.12. The van der Waals surface area contributed by atoms with Crippen LogP contribution in [0.1, 0.15) is 27.0 Å². The number of hydrogen-bond donors (Lipinski definition) is 2. The molecule has 0 radical (unpaired) electrons. The van der Waals surface area contributed by atoms with Crippen molar-refractivity contribution in [3.63, 3.8) is 0 Å². The van der Waals surface area contributed by atoms with E-state index in [-0.39, 0.29) is 11.7 Å². The lowest BCUT2D eigenvalue weighted by Gasteiger charge is -2.09. The molecule has 0 aliphatic rings. The molecular formula is C22H19NO2. The number of amides is 1. The van der Waals surface area contributed by atoms with Gasteiger partial charge in [0, 0.05) is 11.3 Å². The molecule has 25 heavy (non-hydrogen) atoms. The predicted octanol–water partition coefficient (Wildman–Crippen LogP) is 5.12. The Labute approximate surface area is 147 Å². The van der Waals surface area contributed by atoms with Gasteiger partial charge in [0.25, 0.3) is 5.91 Å². The first-order valence-electron chi connectivity index (χ1n) is 8.06. The summed E-state index contributed by atoms with van der Waals surface area (Å²) in [5.74, 6) is 0.111. The van der Waals surface area contributed by atoms with Crippen LogP contribution < -0.4 is 5.32 Å². The third-order valence-electron chi connectivity index (χ3n) is 3.88. The Bertz CT molecular complexity index is 914. The van der Waals surface area contributed by atoms with Gasteiger partial charge in [-0.05, 0) is 53.9 Å². The van der Waals surface area contributed by atoms with Gasteiger partial charge in [0.2, 0.25) is 0 Å². The molecule has 0 unspecified atom stereocenters. The summed E-state index contributed by atoms with van der Waals surface area (Å²) in [5.41, 5.74) is 4.29. The van der Waals surface area contributed by atoms with Gasteiger partial charge >= 0.3 is 0 Å².